The van der Waals surface area contributed by atoms with Crippen molar-refractivity contribution in [2.45, 2.75) is 38.9 Å². The van der Waals surface area contributed by atoms with Crippen LogP contribution in [0.1, 0.15) is 39.3 Å². The van der Waals surface area contributed by atoms with Gasteiger partial charge in [-0.05, 0) is 31.0 Å². The Morgan fingerprint density at radius 3 is 1.81 bits per heavy atom. The van der Waals surface area contributed by atoms with Gasteiger partial charge >= 0.3 is 0 Å². The summed E-state index contributed by atoms with van der Waals surface area (Å²) in [6.45, 7) is 9.20. The third kappa shape index (κ3) is 4.98. The molecular weight excluding hydrogens is 272 g/mol. The molecule has 0 saturated heterocycles. The van der Waals surface area contributed by atoms with Gasteiger partial charge in [0.1, 0.15) is 0 Å². The molecule has 0 aromatic heterocycles. The zero-order valence-corrected chi connectivity index (χ0v) is 14.3. The molecule has 0 fully saturated rings. The average molecular weight is 296 g/mol. The molecule has 1 unspecified atom stereocenters. The third-order valence-corrected chi connectivity index (χ3v) is 6.11. The first kappa shape index (κ1) is 17.9. The number of rotatable bonds is 4. The van der Waals surface area contributed by atoms with Crippen LogP contribution in [-0.2, 0) is 0 Å². The van der Waals surface area contributed by atoms with Crippen molar-refractivity contribution >= 4 is 21.8 Å². The van der Waals surface area contributed by atoms with E-state index in [-0.39, 0.29) is 13.6 Å². The summed E-state index contributed by atoms with van der Waals surface area (Å²) in [6.07, 6.45) is 0. The Labute approximate surface area is 132 Å². The molecular formula is C18H24BNP. The molecule has 1 nitrogen and oxygen atoms in total. The lowest BCUT2D eigenvalue weighted by atomic mass is 10.1. The molecule has 2 rings (SSSR count). The molecule has 0 aliphatic rings. The molecule has 21 heavy (non-hydrogen) atoms. The van der Waals surface area contributed by atoms with Gasteiger partial charge in [-0.15, -0.1) is 0 Å². The lowest BCUT2D eigenvalue weighted by Gasteiger charge is -2.34. The largest absolute Gasteiger partial charge is 0.285 e. The summed E-state index contributed by atoms with van der Waals surface area (Å²) in [6, 6.07) is 21.9. The van der Waals surface area contributed by atoms with Gasteiger partial charge in [-0.25, -0.2) is 0 Å². The van der Waals surface area contributed by atoms with Gasteiger partial charge in [0.05, 0.1) is 0 Å². The molecule has 3 heteroatoms. The highest BCUT2D eigenvalue weighted by Gasteiger charge is 2.27. The van der Waals surface area contributed by atoms with E-state index in [9.17, 15) is 0 Å². The van der Waals surface area contributed by atoms with Crippen molar-refractivity contribution in [3.8, 4) is 0 Å². The number of nitrogens with one attached hydrogen (secondary N) is 1. The summed E-state index contributed by atoms with van der Waals surface area (Å²) in [5, 5.41) is 5.50. The minimum absolute atomic E-state index is 0. The van der Waals surface area contributed by atoms with E-state index in [0.29, 0.717) is 6.04 Å². The van der Waals surface area contributed by atoms with Gasteiger partial charge in [0.15, 0.2) is 0 Å². The Balaban J connectivity index is 0.00000220. The molecule has 0 amide bonds. The molecule has 0 bridgehead atoms. The maximum Gasteiger partial charge on any atom is 0.0330 e. The Bertz CT molecular complexity index is 522. The molecule has 2 atom stereocenters. The molecule has 0 aliphatic heterocycles. The third-order valence-electron chi connectivity index (χ3n) is 3.31. The summed E-state index contributed by atoms with van der Waals surface area (Å²) in [7, 11) is -0.410. The maximum atomic E-state index is 3.85. The first-order valence-corrected chi connectivity index (χ1v) is 8.49. The number of hydrogen-bond donors (Lipinski definition) is 1. The summed E-state index contributed by atoms with van der Waals surface area (Å²) >= 11 is 0. The summed E-state index contributed by atoms with van der Waals surface area (Å²) < 4.78 is 0. The quantitative estimate of drug-likeness (QED) is 0.648. The fourth-order valence-corrected chi connectivity index (χ4v) is 4.56. The Morgan fingerprint density at radius 2 is 1.33 bits per heavy atom. The zero-order valence-electron chi connectivity index (χ0n) is 13.4. The molecule has 0 saturated carbocycles. The summed E-state index contributed by atoms with van der Waals surface area (Å²) in [4.78, 5) is 0. The average Bonchev–Trinajstić information content (AvgIpc) is 2.45. The van der Waals surface area contributed by atoms with Gasteiger partial charge in [-0.2, -0.15) is 0 Å². The predicted octanol–water partition coefficient (Wildman–Crippen LogP) is 4.48. The topological polar surface area (TPSA) is 12.0 Å². The standard InChI is InChI=1S/C18H24NP.B/c1-15(16-11-7-5-8-12-16)19-20(18(2,3)4)17-13-9-6-10-14-17;/h5-15,19H,1-4H3;/t15-,20?;/m1./s1. The molecule has 0 aliphatic carbocycles. The second kappa shape index (κ2) is 7.78. The summed E-state index contributed by atoms with van der Waals surface area (Å²) in [5.74, 6) is 0. The molecule has 0 heterocycles. The maximum absolute atomic E-state index is 3.85. The molecule has 109 valence electrons. The van der Waals surface area contributed by atoms with E-state index in [4.69, 9.17) is 0 Å². The van der Waals surface area contributed by atoms with Gasteiger partial charge in [0, 0.05) is 14.5 Å². The lowest BCUT2D eigenvalue weighted by Crippen LogP contribution is -2.30. The highest BCUT2D eigenvalue weighted by Crippen LogP contribution is 2.46. The van der Waals surface area contributed by atoms with Crippen LogP contribution in [0.4, 0.5) is 0 Å². The Hall–Kier alpha value is -1.11. The first-order chi connectivity index (χ1) is 9.48. The van der Waals surface area contributed by atoms with Crippen molar-refractivity contribution in [3.05, 3.63) is 66.2 Å². The predicted molar refractivity (Wildman–Crippen MR) is 96.5 cm³/mol. The molecule has 3 radical (unpaired) electrons. The highest BCUT2D eigenvalue weighted by molar-refractivity contribution is 7.65. The van der Waals surface area contributed by atoms with E-state index in [2.05, 4.69) is 93.4 Å². The van der Waals surface area contributed by atoms with Gasteiger partial charge in [-0.1, -0.05) is 81.4 Å². The minimum atomic E-state index is -0.410. The highest BCUT2D eigenvalue weighted by atomic mass is 31.1. The van der Waals surface area contributed by atoms with Crippen LogP contribution in [0.25, 0.3) is 0 Å². The van der Waals surface area contributed by atoms with Gasteiger partial charge in [0.25, 0.3) is 0 Å². The minimum Gasteiger partial charge on any atom is -0.285 e. The van der Waals surface area contributed by atoms with E-state index in [1.54, 1.807) is 0 Å². The zero-order chi connectivity index (χ0) is 14.6. The van der Waals surface area contributed by atoms with Crippen LogP contribution in [0.15, 0.2) is 60.7 Å². The van der Waals surface area contributed by atoms with Crippen LogP contribution in [0.2, 0.25) is 0 Å². The first-order valence-electron chi connectivity index (χ1n) is 7.15. The van der Waals surface area contributed by atoms with Crippen LogP contribution < -0.4 is 10.4 Å². The van der Waals surface area contributed by atoms with E-state index in [1.165, 1.54) is 10.9 Å². The van der Waals surface area contributed by atoms with Gasteiger partial charge in [-0.3, -0.25) is 5.09 Å². The molecule has 2 aromatic carbocycles. The Morgan fingerprint density at radius 1 is 0.857 bits per heavy atom. The monoisotopic (exact) mass is 296 g/mol. The lowest BCUT2D eigenvalue weighted by molar-refractivity contribution is 0.705. The van der Waals surface area contributed by atoms with Crippen LogP contribution in [0.5, 0.6) is 0 Å². The van der Waals surface area contributed by atoms with Gasteiger partial charge in [0.2, 0.25) is 0 Å². The molecule has 0 spiro atoms. The van der Waals surface area contributed by atoms with Crippen molar-refractivity contribution in [1.82, 2.24) is 5.09 Å². The van der Waals surface area contributed by atoms with Crippen LogP contribution in [-0.4, -0.2) is 13.6 Å². The van der Waals surface area contributed by atoms with Crippen LogP contribution in [0, 0.1) is 0 Å². The molecule has 1 N–H and O–H groups in total. The van der Waals surface area contributed by atoms with Gasteiger partial charge < -0.3 is 0 Å². The van der Waals surface area contributed by atoms with Crippen LogP contribution in [0.3, 0.4) is 0 Å². The summed E-state index contributed by atoms with van der Waals surface area (Å²) in [5.41, 5.74) is 1.35. The fourth-order valence-electron chi connectivity index (χ4n) is 2.24. The van der Waals surface area contributed by atoms with E-state index in [1.807, 2.05) is 0 Å². The van der Waals surface area contributed by atoms with Crippen molar-refractivity contribution in [1.29, 1.82) is 0 Å². The van der Waals surface area contributed by atoms with E-state index in [0.717, 1.165) is 0 Å². The normalized spacial score (nSPS) is 14.1. The van der Waals surface area contributed by atoms with Crippen molar-refractivity contribution in [3.63, 3.8) is 0 Å². The Kier molecular flexibility index (Phi) is 6.64. The SMILES string of the molecule is C[C@@H](NP(c1ccccc1)C(C)(C)C)c1ccccc1.[B]. The van der Waals surface area contributed by atoms with Crippen molar-refractivity contribution in [2.75, 3.05) is 0 Å². The smallest absolute Gasteiger partial charge is 0.0330 e. The van der Waals surface area contributed by atoms with E-state index < -0.39 is 8.07 Å². The molecule has 2 aromatic rings. The van der Waals surface area contributed by atoms with Crippen LogP contribution >= 0.6 is 8.07 Å². The van der Waals surface area contributed by atoms with Crippen molar-refractivity contribution in [2.24, 2.45) is 0 Å². The fraction of sp³-hybridized carbons (Fsp3) is 0.333. The second-order valence-corrected chi connectivity index (χ2v) is 8.89. The number of benzene rings is 2. The van der Waals surface area contributed by atoms with Crippen molar-refractivity contribution < 1.29 is 0 Å². The van der Waals surface area contributed by atoms with E-state index >= 15 is 0 Å². The second-order valence-electron chi connectivity index (χ2n) is 6.10. The number of hydrogen-bond acceptors (Lipinski definition) is 1.